The molecule has 0 aliphatic rings. The van der Waals surface area contributed by atoms with Gasteiger partial charge in [0.25, 0.3) is 11.5 Å². The van der Waals surface area contributed by atoms with E-state index in [0.717, 1.165) is 10.2 Å². The van der Waals surface area contributed by atoms with E-state index in [4.69, 9.17) is 4.74 Å². The Morgan fingerprint density at radius 1 is 1.07 bits per heavy atom. The van der Waals surface area contributed by atoms with Crippen molar-refractivity contribution in [2.24, 2.45) is 7.05 Å². The van der Waals surface area contributed by atoms with Crippen LogP contribution in [-0.4, -0.2) is 27.8 Å². The Bertz CT molecular complexity index is 1090. The van der Waals surface area contributed by atoms with Crippen LogP contribution in [0.15, 0.2) is 53.3 Å². The molecule has 1 atom stereocenters. The van der Waals surface area contributed by atoms with E-state index < -0.39 is 18.0 Å². The van der Waals surface area contributed by atoms with Crippen LogP contribution >= 0.6 is 0 Å². The number of hydrogen-bond donors (Lipinski definition) is 1. The fourth-order valence-electron chi connectivity index (χ4n) is 2.67. The lowest BCUT2D eigenvalue weighted by Crippen LogP contribution is -2.31. The molecule has 1 heterocycles. The number of benzene rings is 2. The van der Waals surface area contributed by atoms with Crippen LogP contribution in [0.2, 0.25) is 0 Å². The van der Waals surface area contributed by atoms with Crippen molar-refractivity contribution in [1.29, 1.82) is 0 Å². The van der Waals surface area contributed by atoms with Gasteiger partial charge in [0.05, 0.1) is 5.39 Å². The lowest BCUT2D eigenvalue weighted by Gasteiger charge is -2.15. The van der Waals surface area contributed by atoms with Crippen molar-refractivity contribution in [2.45, 2.75) is 20.0 Å². The summed E-state index contributed by atoms with van der Waals surface area (Å²) in [6.07, 6.45) is -1.03. The summed E-state index contributed by atoms with van der Waals surface area (Å²) in [4.78, 5) is 37.1. The molecule has 2 aromatic carbocycles. The molecule has 0 unspecified atom stereocenters. The van der Waals surface area contributed by atoms with Gasteiger partial charge in [0.2, 0.25) is 0 Å². The van der Waals surface area contributed by atoms with E-state index in [9.17, 15) is 14.4 Å². The first-order valence-corrected chi connectivity index (χ1v) is 8.42. The monoisotopic (exact) mass is 365 g/mol. The molecule has 0 aliphatic carbocycles. The Morgan fingerprint density at radius 3 is 2.41 bits per heavy atom. The topological polar surface area (TPSA) is 90.3 Å². The second kappa shape index (κ2) is 7.41. The Balaban J connectivity index is 1.82. The molecule has 0 fully saturated rings. The zero-order chi connectivity index (χ0) is 19.6. The maximum atomic E-state index is 12.6. The maximum Gasteiger partial charge on any atom is 0.360 e. The van der Waals surface area contributed by atoms with E-state index in [1.807, 2.05) is 19.1 Å². The average molecular weight is 365 g/mol. The first kappa shape index (κ1) is 18.3. The summed E-state index contributed by atoms with van der Waals surface area (Å²) in [6.45, 7) is 3.35. The molecule has 0 aliphatic heterocycles. The molecule has 1 aromatic heterocycles. The molecule has 27 heavy (non-hydrogen) atoms. The number of para-hydroxylation sites is 1. The van der Waals surface area contributed by atoms with Gasteiger partial charge in [0.15, 0.2) is 11.8 Å². The first-order valence-electron chi connectivity index (χ1n) is 8.42. The number of aromatic nitrogens is 2. The van der Waals surface area contributed by atoms with Crippen LogP contribution in [0.5, 0.6) is 0 Å². The van der Waals surface area contributed by atoms with Gasteiger partial charge in [-0.3, -0.25) is 9.59 Å². The number of aryl methyl sites for hydroxylation is 2. The van der Waals surface area contributed by atoms with Crippen LogP contribution < -0.4 is 10.9 Å². The molecule has 0 bridgehead atoms. The summed E-state index contributed by atoms with van der Waals surface area (Å²) in [5.41, 5.74) is 1.22. The van der Waals surface area contributed by atoms with Crippen molar-refractivity contribution >= 4 is 28.3 Å². The molecule has 0 saturated carbocycles. The molecular weight excluding hydrogens is 346 g/mol. The van der Waals surface area contributed by atoms with E-state index >= 15 is 0 Å². The largest absolute Gasteiger partial charge is 0.448 e. The van der Waals surface area contributed by atoms with Gasteiger partial charge in [0, 0.05) is 18.1 Å². The quantitative estimate of drug-likeness (QED) is 0.717. The molecule has 138 valence electrons. The zero-order valence-corrected chi connectivity index (χ0v) is 15.2. The minimum Gasteiger partial charge on any atom is -0.448 e. The highest BCUT2D eigenvalue weighted by molar-refractivity contribution is 6.03. The van der Waals surface area contributed by atoms with Gasteiger partial charge in [0.1, 0.15) is 0 Å². The third-order valence-corrected chi connectivity index (χ3v) is 4.21. The minimum atomic E-state index is -1.03. The van der Waals surface area contributed by atoms with Crippen molar-refractivity contribution in [3.8, 4) is 0 Å². The lowest BCUT2D eigenvalue weighted by molar-refractivity contribution is -0.123. The number of esters is 1. The van der Waals surface area contributed by atoms with Crippen LogP contribution in [0.25, 0.3) is 10.8 Å². The molecular formula is C20H19N3O4. The molecule has 3 rings (SSSR count). The molecule has 1 N–H and O–H groups in total. The third-order valence-electron chi connectivity index (χ3n) is 4.21. The number of rotatable bonds is 4. The predicted molar refractivity (Wildman–Crippen MR) is 102 cm³/mol. The SMILES string of the molecule is Cc1ccccc1NC(=O)[C@H](C)OC(=O)c1nn(C)c(=O)c2ccccc12. The normalized spacial score (nSPS) is 11.8. The Morgan fingerprint density at radius 2 is 1.70 bits per heavy atom. The van der Waals surface area contributed by atoms with Crippen molar-refractivity contribution in [3.05, 3.63) is 70.1 Å². The zero-order valence-electron chi connectivity index (χ0n) is 15.2. The fraction of sp³-hybridized carbons (Fsp3) is 0.200. The molecule has 1 amide bonds. The van der Waals surface area contributed by atoms with Crippen LogP contribution in [0, 0.1) is 6.92 Å². The highest BCUT2D eigenvalue weighted by Crippen LogP contribution is 2.16. The van der Waals surface area contributed by atoms with Crippen LogP contribution in [0.3, 0.4) is 0 Å². The lowest BCUT2D eigenvalue weighted by atomic mass is 10.1. The number of nitrogens with zero attached hydrogens (tertiary/aromatic N) is 2. The summed E-state index contributed by atoms with van der Waals surface area (Å²) in [5, 5.41) is 7.49. The highest BCUT2D eigenvalue weighted by Gasteiger charge is 2.23. The molecule has 0 spiro atoms. The Labute approximate surface area is 155 Å². The fourth-order valence-corrected chi connectivity index (χ4v) is 2.67. The van der Waals surface area contributed by atoms with Gasteiger partial charge in [-0.15, -0.1) is 0 Å². The molecule has 0 saturated heterocycles. The molecule has 7 heteroatoms. The predicted octanol–water partition coefficient (Wildman–Crippen LogP) is 2.43. The van der Waals surface area contributed by atoms with Gasteiger partial charge in [-0.05, 0) is 31.5 Å². The van der Waals surface area contributed by atoms with Crippen LogP contribution in [0.4, 0.5) is 5.69 Å². The van der Waals surface area contributed by atoms with Gasteiger partial charge in [-0.1, -0.05) is 36.4 Å². The summed E-state index contributed by atoms with van der Waals surface area (Å²) >= 11 is 0. The van der Waals surface area contributed by atoms with Crippen molar-refractivity contribution in [2.75, 3.05) is 5.32 Å². The smallest absolute Gasteiger partial charge is 0.360 e. The third kappa shape index (κ3) is 3.72. The number of carbonyl (C=O) groups excluding carboxylic acids is 2. The number of amides is 1. The van der Waals surface area contributed by atoms with Gasteiger partial charge in [-0.2, -0.15) is 5.10 Å². The Hall–Kier alpha value is -3.48. The van der Waals surface area contributed by atoms with Crippen LogP contribution in [0.1, 0.15) is 23.0 Å². The average Bonchev–Trinajstić information content (AvgIpc) is 2.66. The van der Waals surface area contributed by atoms with Gasteiger partial charge < -0.3 is 10.1 Å². The second-order valence-electron chi connectivity index (χ2n) is 6.17. The molecule has 7 nitrogen and oxygen atoms in total. The second-order valence-corrected chi connectivity index (χ2v) is 6.17. The summed E-state index contributed by atoms with van der Waals surface area (Å²) in [6, 6.07) is 14.0. The van der Waals surface area contributed by atoms with Crippen LogP contribution in [-0.2, 0) is 16.6 Å². The van der Waals surface area contributed by atoms with E-state index in [1.165, 1.54) is 14.0 Å². The highest BCUT2D eigenvalue weighted by atomic mass is 16.5. The van der Waals surface area contributed by atoms with E-state index in [2.05, 4.69) is 10.4 Å². The summed E-state index contributed by atoms with van der Waals surface area (Å²) < 4.78 is 6.36. The van der Waals surface area contributed by atoms with Crippen molar-refractivity contribution < 1.29 is 14.3 Å². The molecule has 0 radical (unpaired) electrons. The number of ether oxygens (including phenoxy) is 1. The summed E-state index contributed by atoms with van der Waals surface area (Å²) in [5.74, 6) is -1.22. The van der Waals surface area contributed by atoms with E-state index in [-0.39, 0.29) is 11.3 Å². The number of anilines is 1. The number of nitrogens with one attached hydrogen (secondary N) is 1. The minimum absolute atomic E-state index is 0.0109. The number of fused-ring (bicyclic) bond motifs is 1. The standard InChI is InChI=1S/C20H19N3O4/c1-12-8-4-7-11-16(12)21-18(24)13(2)27-20(26)17-14-9-5-6-10-15(14)19(25)23(3)22-17/h4-11,13H,1-3H3,(H,21,24)/t13-/m0/s1. The number of carbonyl (C=O) groups is 2. The maximum absolute atomic E-state index is 12.6. The van der Waals surface area contributed by atoms with E-state index in [1.54, 1.807) is 36.4 Å². The summed E-state index contributed by atoms with van der Waals surface area (Å²) in [7, 11) is 1.46. The first-order chi connectivity index (χ1) is 12.9. The van der Waals surface area contributed by atoms with Crippen molar-refractivity contribution in [1.82, 2.24) is 9.78 Å². The van der Waals surface area contributed by atoms with Crippen molar-refractivity contribution in [3.63, 3.8) is 0 Å². The Kier molecular flexibility index (Phi) is 5.03. The van der Waals surface area contributed by atoms with E-state index in [0.29, 0.717) is 16.5 Å². The van der Waals surface area contributed by atoms with Gasteiger partial charge in [-0.25, -0.2) is 9.48 Å². The van der Waals surface area contributed by atoms with Gasteiger partial charge >= 0.3 is 5.97 Å². The molecule has 3 aromatic rings. The number of hydrogen-bond acceptors (Lipinski definition) is 5.